The zero-order valence-electron chi connectivity index (χ0n) is 17.6. The molecule has 2 aromatic rings. The Morgan fingerprint density at radius 1 is 1.06 bits per heavy atom. The van der Waals surface area contributed by atoms with Crippen LogP contribution in [0.3, 0.4) is 0 Å². The molecule has 164 valence electrons. The lowest BCUT2D eigenvalue weighted by atomic mass is 9.84. The maximum atomic E-state index is 14.8. The van der Waals surface area contributed by atoms with E-state index in [-0.39, 0.29) is 17.6 Å². The van der Waals surface area contributed by atoms with E-state index in [0.717, 1.165) is 17.8 Å². The summed E-state index contributed by atoms with van der Waals surface area (Å²) in [5, 5.41) is 0. The second-order valence-corrected chi connectivity index (χ2v) is 8.22. The number of aliphatic imine (C=N–C) groups is 1. The fraction of sp³-hybridized carbons (Fsp3) is 0.417. The summed E-state index contributed by atoms with van der Waals surface area (Å²) >= 11 is 0. The topological polar surface area (TPSA) is 37.7 Å². The number of ether oxygens (including phenoxy) is 1. The molecule has 1 saturated carbocycles. The van der Waals surface area contributed by atoms with Crippen LogP contribution in [0.1, 0.15) is 51.1 Å². The van der Waals surface area contributed by atoms with E-state index < -0.39 is 24.2 Å². The predicted molar refractivity (Wildman–Crippen MR) is 116 cm³/mol. The van der Waals surface area contributed by atoms with Gasteiger partial charge < -0.3 is 9.64 Å². The van der Waals surface area contributed by atoms with Crippen molar-refractivity contribution >= 4 is 11.9 Å². The van der Waals surface area contributed by atoms with E-state index in [1.54, 1.807) is 24.6 Å². The fourth-order valence-corrected chi connectivity index (χ4v) is 4.22. The number of rotatable bonds is 5. The molecule has 0 bridgehead atoms. The van der Waals surface area contributed by atoms with Gasteiger partial charge in [-0.05, 0) is 69.9 Å². The van der Waals surface area contributed by atoms with Gasteiger partial charge in [0, 0.05) is 35.7 Å². The van der Waals surface area contributed by atoms with Gasteiger partial charge in [-0.15, -0.1) is 0 Å². The van der Waals surface area contributed by atoms with Crippen molar-refractivity contribution in [3.8, 4) is 11.1 Å². The molecule has 7 heteroatoms. The van der Waals surface area contributed by atoms with E-state index >= 15 is 0 Å². The van der Waals surface area contributed by atoms with E-state index in [9.17, 15) is 13.2 Å². The number of alkyl halides is 1. The molecule has 0 amide bonds. The van der Waals surface area contributed by atoms with E-state index in [0.29, 0.717) is 36.9 Å². The average molecular weight is 429 g/mol. The summed E-state index contributed by atoms with van der Waals surface area (Å²) in [6.07, 6.45) is 7.47. The molecule has 2 aliphatic rings. The van der Waals surface area contributed by atoms with Crippen molar-refractivity contribution < 1.29 is 17.9 Å². The van der Waals surface area contributed by atoms with Gasteiger partial charge in [-0.1, -0.05) is 0 Å². The maximum absolute atomic E-state index is 14.8. The molecule has 1 aromatic heterocycles. The smallest absolute Gasteiger partial charge is 0.232 e. The number of aromatic nitrogens is 1. The molecule has 1 aliphatic heterocycles. The number of hydrogen-bond donors (Lipinski definition) is 0. The number of hydrogen-bond acceptors (Lipinski definition) is 4. The van der Waals surface area contributed by atoms with Crippen molar-refractivity contribution in [2.75, 3.05) is 4.90 Å². The van der Waals surface area contributed by atoms with Crippen molar-refractivity contribution in [3.63, 3.8) is 0 Å². The number of anilines is 1. The lowest BCUT2D eigenvalue weighted by molar-refractivity contribution is 0.0163. The highest BCUT2D eigenvalue weighted by molar-refractivity contribution is 5.84. The highest BCUT2D eigenvalue weighted by atomic mass is 19.1. The maximum Gasteiger partial charge on any atom is 0.232 e. The Hall–Kier alpha value is -2.67. The molecule has 4 nitrogen and oxygen atoms in total. The van der Waals surface area contributed by atoms with Crippen LogP contribution in [-0.2, 0) is 4.74 Å². The number of halogens is 3. The van der Waals surface area contributed by atoms with Crippen LogP contribution in [-0.4, -0.2) is 29.8 Å². The molecule has 0 radical (unpaired) electrons. The van der Waals surface area contributed by atoms with Crippen LogP contribution in [0.2, 0.25) is 0 Å². The van der Waals surface area contributed by atoms with Crippen molar-refractivity contribution in [1.29, 1.82) is 0 Å². The number of benzene rings is 1. The largest absolute Gasteiger partial charge is 0.336 e. The fourth-order valence-electron chi connectivity index (χ4n) is 4.22. The van der Waals surface area contributed by atoms with Crippen LogP contribution in [0.5, 0.6) is 0 Å². The van der Waals surface area contributed by atoms with Crippen LogP contribution in [0.15, 0.2) is 47.7 Å². The summed E-state index contributed by atoms with van der Waals surface area (Å²) in [4.78, 5) is 10.9. The van der Waals surface area contributed by atoms with E-state index in [1.165, 1.54) is 6.07 Å². The minimum absolute atomic E-state index is 0.0116. The molecular weight excluding hydrogens is 403 g/mol. The summed E-state index contributed by atoms with van der Waals surface area (Å²) in [5.74, 6) is -1.04. The summed E-state index contributed by atoms with van der Waals surface area (Å²) in [7, 11) is 0. The third kappa shape index (κ3) is 4.66. The van der Waals surface area contributed by atoms with Gasteiger partial charge in [0.25, 0.3) is 0 Å². The molecule has 31 heavy (non-hydrogen) atoms. The highest BCUT2D eigenvalue weighted by Crippen LogP contribution is 2.43. The minimum atomic E-state index is -0.806. The first-order valence-electron chi connectivity index (χ1n) is 10.7. The van der Waals surface area contributed by atoms with Gasteiger partial charge in [0.15, 0.2) is 0 Å². The van der Waals surface area contributed by atoms with Crippen LogP contribution in [0, 0.1) is 11.6 Å². The summed E-state index contributed by atoms with van der Waals surface area (Å²) in [6, 6.07) is 5.08. The average Bonchev–Trinajstić information content (AvgIpc) is 2.76. The molecule has 4 rings (SSSR count). The van der Waals surface area contributed by atoms with Gasteiger partial charge in [-0.3, -0.25) is 4.98 Å². The van der Waals surface area contributed by atoms with Gasteiger partial charge in [0.05, 0.1) is 17.5 Å². The first-order valence-corrected chi connectivity index (χ1v) is 10.7. The van der Waals surface area contributed by atoms with Crippen LogP contribution >= 0.6 is 0 Å². The summed E-state index contributed by atoms with van der Waals surface area (Å²) in [5.41, 5.74) is 1.99. The van der Waals surface area contributed by atoms with Crippen molar-refractivity contribution in [3.05, 3.63) is 60.1 Å². The lowest BCUT2D eigenvalue weighted by Gasteiger charge is -2.35. The van der Waals surface area contributed by atoms with Gasteiger partial charge in [0.2, 0.25) is 6.35 Å². The highest BCUT2D eigenvalue weighted by Gasteiger charge is 2.31. The number of allylic oxidation sites excluding steroid dienone is 1. The number of nitrogens with zero attached hydrogens (tertiary/aromatic N) is 3. The van der Waals surface area contributed by atoms with Crippen LogP contribution in [0.4, 0.5) is 18.9 Å². The lowest BCUT2D eigenvalue weighted by Crippen LogP contribution is -2.37. The third-order valence-electron chi connectivity index (χ3n) is 5.65. The quantitative estimate of drug-likeness (QED) is 0.573. The van der Waals surface area contributed by atoms with Crippen molar-refractivity contribution in [2.45, 2.75) is 64.1 Å². The Morgan fingerprint density at radius 2 is 1.84 bits per heavy atom. The molecule has 1 aromatic carbocycles. The molecule has 0 spiro atoms. The Kier molecular flexibility index (Phi) is 6.41. The Balaban J connectivity index is 1.88. The first-order chi connectivity index (χ1) is 14.9. The normalized spacial score (nSPS) is 23.5. The SMILES string of the molecule is CC(C)OC1N=CC=CN1c1c(-c2cc(F)ccc2F)ccnc1C1CCC(F)CC1. The standard InChI is InChI=1S/C24H26F3N3O/c1-15(2)31-24-29-11-3-13-30(24)23-19(20-14-18(26)8-9-21(20)27)10-12-28-22(23)16-4-6-17(25)7-5-16/h3,8-17,24H,4-7H2,1-2H3. The monoisotopic (exact) mass is 429 g/mol. The molecular formula is C24H26F3N3O. The molecule has 0 N–H and O–H groups in total. The minimum Gasteiger partial charge on any atom is -0.336 e. The van der Waals surface area contributed by atoms with Gasteiger partial charge in [-0.2, -0.15) is 0 Å². The van der Waals surface area contributed by atoms with E-state index in [1.807, 2.05) is 24.9 Å². The Labute approximate surface area is 180 Å². The molecule has 1 fully saturated rings. The predicted octanol–water partition coefficient (Wildman–Crippen LogP) is 6.14. The number of pyridine rings is 1. The van der Waals surface area contributed by atoms with Crippen LogP contribution in [0.25, 0.3) is 11.1 Å². The molecule has 2 heterocycles. The van der Waals surface area contributed by atoms with Gasteiger partial charge in [-0.25, -0.2) is 18.2 Å². The molecule has 0 saturated heterocycles. The second kappa shape index (κ2) is 9.22. The molecule has 1 aliphatic carbocycles. The van der Waals surface area contributed by atoms with E-state index in [2.05, 4.69) is 9.98 Å². The summed E-state index contributed by atoms with van der Waals surface area (Å²) < 4.78 is 48.6. The molecule has 1 atom stereocenters. The zero-order valence-corrected chi connectivity index (χ0v) is 17.6. The second-order valence-electron chi connectivity index (χ2n) is 8.22. The Morgan fingerprint density at radius 3 is 2.58 bits per heavy atom. The summed E-state index contributed by atoms with van der Waals surface area (Å²) in [6.45, 7) is 3.82. The van der Waals surface area contributed by atoms with E-state index in [4.69, 9.17) is 4.74 Å². The Bertz CT molecular complexity index is 984. The van der Waals surface area contributed by atoms with Gasteiger partial charge >= 0.3 is 0 Å². The zero-order chi connectivity index (χ0) is 22.0. The van der Waals surface area contributed by atoms with Crippen molar-refractivity contribution in [2.24, 2.45) is 4.99 Å². The third-order valence-corrected chi connectivity index (χ3v) is 5.65. The molecule has 1 unspecified atom stereocenters. The van der Waals surface area contributed by atoms with Gasteiger partial charge in [0.1, 0.15) is 17.8 Å². The first kappa shape index (κ1) is 21.6. The van der Waals surface area contributed by atoms with Crippen molar-refractivity contribution in [1.82, 2.24) is 4.98 Å². The van der Waals surface area contributed by atoms with Crippen LogP contribution < -0.4 is 4.90 Å².